The van der Waals surface area contributed by atoms with Crippen molar-refractivity contribution in [2.75, 3.05) is 0 Å². The van der Waals surface area contributed by atoms with Gasteiger partial charge >= 0.3 is 0 Å². The van der Waals surface area contributed by atoms with Crippen LogP contribution in [0.2, 0.25) is 0 Å². The van der Waals surface area contributed by atoms with Crippen LogP contribution >= 0.6 is 0 Å². The third kappa shape index (κ3) is 5.09. The number of para-hydroxylation sites is 1. The molecule has 0 unspecified atom stereocenters. The Bertz CT molecular complexity index is 406. The molecule has 0 aliphatic heterocycles. The highest BCUT2D eigenvalue weighted by Gasteiger charge is 2.00. The smallest absolute Gasteiger partial charge is 0.164 e. The van der Waals surface area contributed by atoms with Crippen molar-refractivity contribution in [2.24, 2.45) is 0 Å². The van der Waals surface area contributed by atoms with Gasteiger partial charge < -0.3 is 10.2 Å². The number of unbranched alkanes of at least 4 members (excludes halogenated alkanes) is 4. The second kappa shape index (κ2) is 8.40. The number of benzene rings is 1. The molecule has 0 saturated carbocycles. The van der Waals surface area contributed by atoms with Crippen LogP contribution in [0, 0.1) is 0 Å². The molecule has 2 nitrogen and oxygen atoms in total. The molecule has 1 rings (SSSR count). The van der Waals surface area contributed by atoms with Crippen molar-refractivity contribution in [2.45, 2.75) is 39.0 Å². The Morgan fingerprint density at radius 3 is 2.67 bits per heavy atom. The van der Waals surface area contributed by atoms with Crippen molar-refractivity contribution in [1.29, 1.82) is 0 Å². The number of hydrogen-bond acceptors (Lipinski definition) is 2. The van der Waals surface area contributed by atoms with E-state index in [1.165, 1.54) is 31.7 Å². The van der Waals surface area contributed by atoms with Crippen molar-refractivity contribution in [3.63, 3.8) is 0 Å². The van der Waals surface area contributed by atoms with E-state index in [2.05, 4.69) is 13.0 Å². The number of rotatable bonds is 7. The molecule has 1 aromatic carbocycles. The first-order chi connectivity index (χ1) is 8.75. The summed E-state index contributed by atoms with van der Waals surface area (Å²) in [5, 5.41) is 18.9. The number of phenolic OH excluding ortho intramolecular Hbond substituents is 2. The summed E-state index contributed by atoms with van der Waals surface area (Å²) in [6, 6.07) is 4.94. The van der Waals surface area contributed by atoms with Gasteiger partial charge in [0.1, 0.15) is 0 Å². The highest BCUT2D eigenvalue weighted by atomic mass is 16.3. The van der Waals surface area contributed by atoms with Crippen molar-refractivity contribution < 1.29 is 10.2 Å². The lowest BCUT2D eigenvalue weighted by Crippen LogP contribution is -1.75. The Kier molecular flexibility index (Phi) is 6.70. The van der Waals surface area contributed by atoms with E-state index in [0.717, 1.165) is 6.42 Å². The third-order valence-corrected chi connectivity index (χ3v) is 2.79. The standard InChI is InChI=1S/C16H22O2/c1-2-3-4-5-6-7-8-9-11-14-12-10-13-15(17)16(14)18/h7-13,17-18H,2-6H2,1H3. The minimum absolute atomic E-state index is 0.0647. The van der Waals surface area contributed by atoms with Gasteiger partial charge in [0, 0.05) is 5.56 Å². The molecule has 0 bridgehead atoms. The van der Waals surface area contributed by atoms with E-state index in [9.17, 15) is 10.2 Å². The summed E-state index contributed by atoms with van der Waals surface area (Å²) in [6.45, 7) is 2.21. The average molecular weight is 246 g/mol. The first-order valence-corrected chi connectivity index (χ1v) is 6.60. The van der Waals surface area contributed by atoms with E-state index in [0.29, 0.717) is 5.56 Å². The normalized spacial score (nSPS) is 11.6. The summed E-state index contributed by atoms with van der Waals surface area (Å²) in [4.78, 5) is 0. The predicted molar refractivity (Wildman–Crippen MR) is 76.7 cm³/mol. The summed E-state index contributed by atoms with van der Waals surface area (Å²) >= 11 is 0. The highest BCUT2D eigenvalue weighted by Crippen LogP contribution is 2.28. The van der Waals surface area contributed by atoms with Crippen LogP contribution in [0.1, 0.15) is 44.6 Å². The molecular weight excluding hydrogens is 224 g/mol. The molecule has 2 N–H and O–H groups in total. The van der Waals surface area contributed by atoms with Gasteiger partial charge in [-0.05, 0) is 18.9 Å². The van der Waals surface area contributed by atoms with Gasteiger partial charge in [-0.3, -0.25) is 0 Å². The van der Waals surface area contributed by atoms with Gasteiger partial charge in [-0.2, -0.15) is 0 Å². The molecule has 1 aromatic rings. The van der Waals surface area contributed by atoms with E-state index < -0.39 is 0 Å². The van der Waals surface area contributed by atoms with Gasteiger partial charge in [0.05, 0.1) is 0 Å². The van der Waals surface area contributed by atoms with E-state index in [1.54, 1.807) is 18.2 Å². The van der Waals surface area contributed by atoms with E-state index in [-0.39, 0.29) is 11.5 Å². The summed E-state index contributed by atoms with van der Waals surface area (Å²) in [5.74, 6) is -0.147. The Morgan fingerprint density at radius 1 is 1.06 bits per heavy atom. The Hall–Kier alpha value is -1.70. The Labute approximate surface area is 109 Å². The summed E-state index contributed by atoms with van der Waals surface area (Å²) in [7, 11) is 0. The van der Waals surface area contributed by atoms with Crippen molar-refractivity contribution in [3.8, 4) is 11.5 Å². The van der Waals surface area contributed by atoms with Crippen LogP contribution in [-0.4, -0.2) is 10.2 Å². The number of hydrogen-bond donors (Lipinski definition) is 2. The second-order valence-corrected chi connectivity index (χ2v) is 4.35. The van der Waals surface area contributed by atoms with Gasteiger partial charge in [0.2, 0.25) is 0 Å². The van der Waals surface area contributed by atoms with Crippen molar-refractivity contribution >= 4 is 6.08 Å². The molecule has 0 radical (unpaired) electrons. The molecule has 98 valence electrons. The topological polar surface area (TPSA) is 40.5 Å². The van der Waals surface area contributed by atoms with E-state index in [4.69, 9.17) is 0 Å². The largest absolute Gasteiger partial charge is 0.504 e. The first-order valence-electron chi connectivity index (χ1n) is 6.60. The van der Waals surface area contributed by atoms with Gasteiger partial charge in [-0.25, -0.2) is 0 Å². The summed E-state index contributed by atoms with van der Waals surface area (Å²) in [6.07, 6.45) is 14.0. The Morgan fingerprint density at radius 2 is 1.89 bits per heavy atom. The molecule has 2 heteroatoms. The lowest BCUT2D eigenvalue weighted by atomic mass is 10.1. The molecule has 0 amide bonds. The minimum Gasteiger partial charge on any atom is -0.504 e. The lowest BCUT2D eigenvalue weighted by molar-refractivity contribution is 0.403. The molecule has 0 heterocycles. The maximum Gasteiger partial charge on any atom is 0.164 e. The van der Waals surface area contributed by atoms with Crippen LogP contribution in [0.15, 0.2) is 36.4 Å². The predicted octanol–water partition coefficient (Wildman–Crippen LogP) is 4.64. The zero-order valence-electron chi connectivity index (χ0n) is 11.0. The Balaban J connectivity index is 2.36. The first kappa shape index (κ1) is 14.4. The number of allylic oxidation sites excluding steroid dienone is 3. The molecule has 0 fully saturated rings. The third-order valence-electron chi connectivity index (χ3n) is 2.79. The van der Waals surface area contributed by atoms with Crippen molar-refractivity contribution in [1.82, 2.24) is 0 Å². The van der Waals surface area contributed by atoms with Gasteiger partial charge in [-0.1, -0.05) is 62.6 Å². The molecule has 0 aromatic heterocycles. The van der Waals surface area contributed by atoms with Crippen molar-refractivity contribution in [3.05, 3.63) is 42.0 Å². The summed E-state index contributed by atoms with van der Waals surface area (Å²) in [5.41, 5.74) is 0.630. The molecule has 18 heavy (non-hydrogen) atoms. The second-order valence-electron chi connectivity index (χ2n) is 4.35. The fraction of sp³-hybridized carbons (Fsp3) is 0.375. The number of aromatic hydroxyl groups is 2. The molecule has 0 saturated heterocycles. The van der Waals surface area contributed by atoms with E-state index in [1.807, 2.05) is 12.2 Å². The van der Waals surface area contributed by atoms with Crippen LogP contribution in [-0.2, 0) is 0 Å². The molecule has 0 aliphatic rings. The van der Waals surface area contributed by atoms with Gasteiger partial charge in [-0.15, -0.1) is 0 Å². The lowest BCUT2D eigenvalue weighted by Gasteiger charge is -1.99. The molecule has 0 spiro atoms. The fourth-order valence-corrected chi connectivity index (χ4v) is 1.71. The number of phenols is 2. The maximum atomic E-state index is 9.57. The van der Waals surface area contributed by atoms with E-state index >= 15 is 0 Å². The van der Waals surface area contributed by atoms with Crippen LogP contribution < -0.4 is 0 Å². The van der Waals surface area contributed by atoms with Crippen LogP contribution in [0.4, 0.5) is 0 Å². The van der Waals surface area contributed by atoms with Crippen LogP contribution in [0.25, 0.3) is 6.08 Å². The van der Waals surface area contributed by atoms with Crippen LogP contribution in [0.5, 0.6) is 11.5 Å². The van der Waals surface area contributed by atoms with Gasteiger partial charge in [0.15, 0.2) is 11.5 Å². The monoisotopic (exact) mass is 246 g/mol. The summed E-state index contributed by atoms with van der Waals surface area (Å²) < 4.78 is 0. The van der Waals surface area contributed by atoms with Gasteiger partial charge in [0.25, 0.3) is 0 Å². The minimum atomic E-state index is -0.0827. The highest BCUT2D eigenvalue weighted by molar-refractivity contribution is 5.62. The molecule has 0 aliphatic carbocycles. The average Bonchev–Trinajstić information content (AvgIpc) is 2.37. The fourth-order valence-electron chi connectivity index (χ4n) is 1.71. The SMILES string of the molecule is CCCCCCC=CC=Cc1cccc(O)c1O. The maximum absolute atomic E-state index is 9.57. The quantitative estimate of drug-likeness (QED) is 0.418. The molecular formula is C16H22O2. The zero-order chi connectivity index (χ0) is 13.2. The van der Waals surface area contributed by atoms with Crippen LogP contribution in [0.3, 0.4) is 0 Å². The zero-order valence-corrected chi connectivity index (χ0v) is 11.0. The molecule has 0 atom stereocenters.